The van der Waals surface area contributed by atoms with Crippen molar-refractivity contribution >= 4 is 45.2 Å². The summed E-state index contributed by atoms with van der Waals surface area (Å²) in [5.41, 5.74) is 0. The summed E-state index contributed by atoms with van der Waals surface area (Å²) in [6, 6.07) is 0. The zero-order valence-corrected chi connectivity index (χ0v) is 14.0. The van der Waals surface area contributed by atoms with Crippen molar-refractivity contribution in [2.45, 2.75) is 25.4 Å². The van der Waals surface area contributed by atoms with Gasteiger partial charge < -0.3 is 0 Å². The van der Waals surface area contributed by atoms with Crippen LogP contribution in [0.1, 0.15) is 25.4 Å². The van der Waals surface area contributed by atoms with Gasteiger partial charge in [0.1, 0.15) is 6.17 Å². The van der Waals surface area contributed by atoms with Crippen molar-refractivity contribution in [3.05, 3.63) is 31.9 Å². The first kappa shape index (κ1) is 12.7. The number of aromatic nitrogens is 4. The van der Waals surface area contributed by atoms with Crippen LogP contribution in [0, 0.1) is 7.14 Å². The Bertz CT molecular complexity index is 487. The van der Waals surface area contributed by atoms with Crippen molar-refractivity contribution in [1.82, 2.24) is 19.7 Å². The molecule has 18 heavy (non-hydrogen) atoms. The highest BCUT2D eigenvalue weighted by Gasteiger charge is 2.25. The second-order valence-electron chi connectivity index (χ2n) is 4.36. The molecule has 2 aromatic rings. The van der Waals surface area contributed by atoms with Gasteiger partial charge in [0.2, 0.25) is 0 Å². The molecule has 0 saturated carbocycles. The zero-order valence-electron chi connectivity index (χ0n) is 9.71. The Balaban J connectivity index is 1.90. The monoisotopic (exact) mass is 469 g/mol. The molecule has 1 fully saturated rings. The molecule has 1 saturated heterocycles. The van der Waals surface area contributed by atoms with Crippen molar-refractivity contribution in [2.75, 3.05) is 11.6 Å². The number of hydrogen-bond acceptors (Lipinski definition) is 3. The number of nitrogens with zero attached hydrogens (tertiary/aromatic N) is 5. The predicted octanol–water partition coefficient (Wildman–Crippen LogP) is 2.61. The first-order chi connectivity index (χ1) is 8.74. The third-order valence-electron chi connectivity index (χ3n) is 3.12. The molecule has 96 valence electrons. The van der Waals surface area contributed by atoms with Crippen LogP contribution >= 0.6 is 45.2 Å². The van der Waals surface area contributed by atoms with Gasteiger partial charge in [-0.05, 0) is 64.4 Å². The fraction of sp³-hybridized carbons (Fsp3) is 0.455. The van der Waals surface area contributed by atoms with Gasteiger partial charge in [-0.2, -0.15) is 15.0 Å². The van der Waals surface area contributed by atoms with Crippen LogP contribution in [0.5, 0.6) is 0 Å². The van der Waals surface area contributed by atoms with E-state index in [0.29, 0.717) is 0 Å². The molecule has 1 aliphatic rings. The van der Waals surface area contributed by atoms with E-state index in [1.807, 2.05) is 17.2 Å². The number of hydrogen-bond donors (Lipinski definition) is 0. The average Bonchev–Trinajstić information content (AvgIpc) is 2.98. The molecule has 0 aromatic carbocycles. The minimum absolute atomic E-state index is 0.276. The van der Waals surface area contributed by atoms with Gasteiger partial charge in [0, 0.05) is 12.7 Å². The summed E-state index contributed by atoms with van der Waals surface area (Å²) in [5, 5.41) is 11.1. The summed E-state index contributed by atoms with van der Waals surface area (Å²) in [7, 11) is 0. The van der Waals surface area contributed by atoms with E-state index in [1.54, 1.807) is 0 Å². The number of rotatable bonds is 2. The van der Waals surface area contributed by atoms with E-state index in [1.165, 1.54) is 16.4 Å². The summed E-state index contributed by atoms with van der Waals surface area (Å²) in [6.45, 7) is 1.03. The quantitative estimate of drug-likeness (QED) is 0.636. The van der Waals surface area contributed by atoms with E-state index in [-0.39, 0.29) is 6.17 Å². The largest absolute Gasteiger partial charge is 0.273 e. The molecule has 3 heterocycles. The SMILES string of the molecule is Ic1cnn(C2CCCCN2n2cc(I)cn2)c1. The second kappa shape index (κ2) is 5.35. The van der Waals surface area contributed by atoms with Crippen molar-refractivity contribution in [2.24, 2.45) is 0 Å². The van der Waals surface area contributed by atoms with Crippen LogP contribution in [0.25, 0.3) is 0 Å². The summed E-state index contributed by atoms with van der Waals surface area (Å²) in [4.78, 5) is 1.96. The van der Waals surface area contributed by atoms with Gasteiger partial charge >= 0.3 is 0 Å². The Morgan fingerprint density at radius 3 is 2.50 bits per heavy atom. The third-order valence-corrected chi connectivity index (χ3v) is 4.23. The lowest BCUT2D eigenvalue weighted by Crippen LogP contribution is -2.44. The Morgan fingerprint density at radius 1 is 1.06 bits per heavy atom. The van der Waals surface area contributed by atoms with Crippen molar-refractivity contribution in [3.63, 3.8) is 0 Å². The Kier molecular flexibility index (Phi) is 3.78. The molecular formula is C11H13I2N5. The maximum atomic E-state index is 4.45. The van der Waals surface area contributed by atoms with Crippen molar-refractivity contribution < 1.29 is 0 Å². The predicted molar refractivity (Wildman–Crippen MR) is 85.9 cm³/mol. The molecule has 1 unspecified atom stereocenters. The first-order valence-electron chi connectivity index (χ1n) is 5.91. The summed E-state index contributed by atoms with van der Waals surface area (Å²) in [5.74, 6) is 0. The number of piperidine rings is 1. The minimum atomic E-state index is 0.276. The molecule has 0 amide bonds. The smallest absolute Gasteiger partial charge is 0.138 e. The van der Waals surface area contributed by atoms with Gasteiger partial charge in [-0.15, -0.1) is 0 Å². The molecule has 0 N–H and O–H groups in total. The number of halogens is 2. The van der Waals surface area contributed by atoms with Crippen LogP contribution in [0.4, 0.5) is 0 Å². The van der Waals surface area contributed by atoms with Gasteiger partial charge in [-0.1, -0.05) is 0 Å². The molecular weight excluding hydrogens is 456 g/mol. The van der Waals surface area contributed by atoms with Crippen LogP contribution in [0.3, 0.4) is 0 Å². The zero-order chi connectivity index (χ0) is 12.5. The lowest BCUT2D eigenvalue weighted by molar-refractivity contribution is 0.276. The van der Waals surface area contributed by atoms with E-state index in [4.69, 9.17) is 0 Å². The summed E-state index contributed by atoms with van der Waals surface area (Å²) in [6.07, 6.45) is 11.8. The van der Waals surface area contributed by atoms with E-state index >= 15 is 0 Å². The average molecular weight is 469 g/mol. The standard InChI is InChI=1S/C11H13I2N5/c12-9-5-14-16(7-9)11-3-1-2-4-17(11)18-8-10(13)6-15-18/h5-8,11H,1-4H2. The van der Waals surface area contributed by atoms with Gasteiger partial charge in [0.15, 0.2) is 0 Å². The van der Waals surface area contributed by atoms with Crippen molar-refractivity contribution in [3.8, 4) is 0 Å². The Hall–Kier alpha value is -0.320. The molecule has 0 bridgehead atoms. The molecule has 0 aliphatic carbocycles. The normalized spacial score (nSPS) is 20.3. The lowest BCUT2D eigenvalue weighted by atomic mass is 10.1. The highest BCUT2D eigenvalue weighted by molar-refractivity contribution is 14.1. The summed E-state index contributed by atoms with van der Waals surface area (Å²) < 4.78 is 4.38. The second-order valence-corrected chi connectivity index (χ2v) is 6.85. The van der Waals surface area contributed by atoms with E-state index in [0.717, 1.165) is 16.5 Å². The van der Waals surface area contributed by atoms with Gasteiger partial charge in [-0.25, -0.2) is 4.68 Å². The van der Waals surface area contributed by atoms with Crippen LogP contribution in [0.15, 0.2) is 24.8 Å². The van der Waals surface area contributed by atoms with Gasteiger partial charge in [-0.3, -0.25) is 5.01 Å². The van der Waals surface area contributed by atoms with Crippen molar-refractivity contribution in [1.29, 1.82) is 0 Å². The minimum Gasteiger partial charge on any atom is -0.273 e. The molecule has 0 radical (unpaired) electrons. The van der Waals surface area contributed by atoms with E-state index < -0.39 is 0 Å². The van der Waals surface area contributed by atoms with Crippen LogP contribution in [0.2, 0.25) is 0 Å². The fourth-order valence-electron chi connectivity index (χ4n) is 2.32. The van der Waals surface area contributed by atoms with Gasteiger partial charge in [0.05, 0.1) is 25.7 Å². The molecule has 0 spiro atoms. The maximum Gasteiger partial charge on any atom is 0.138 e. The maximum absolute atomic E-state index is 4.45. The molecule has 3 rings (SSSR count). The highest BCUT2D eigenvalue weighted by atomic mass is 127. The summed E-state index contributed by atoms with van der Waals surface area (Å²) >= 11 is 4.59. The van der Waals surface area contributed by atoms with E-state index in [2.05, 4.69) is 77.5 Å². The third kappa shape index (κ3) is 2.51. The molecule has 7 heteroatoms. The Morgan fingerprint density at radius 2 is 1.83 bits per heavy atom. The fourth-order valence-corrected chi connectivity index (χ4v) is 3.10. The lowest BCUT2D eigenvalue weighted by Gasteiger charge is -2.36. The molecule has 5 nitrogen and oxygen atoms in total. The van der Waals surface area contributed by atoms with Gasteiger partial charge in [0.25, 0.3) is 0 Å². The van der Waals surface area contributed by atoms with Crippen LogP contribution < -0.4 is 5.01 Å². The van der Waals surface area contributed by atoms with Crippen LogP contribution in [-0.4, -0.2) is 26.2 Å². The Labute approximate surface area is 133 Å². The molecule has 2 aromatic heterocycles. The topological polar surface area (TPSA) is 38.9 Å². The highest BCUT2D eigenvalue weighted by Crippen LogP contribution is 2.24. The van der Waals surface area contributed by atoms with E-state index in [9.17, 15) is 0 Å². The van der Waals surface area contributed by atoms with Crippen LogP contribution in [-0.2, 0) is 0 Å². The molecule has 1 aliphatic heterocycles. The molecule has 1 atom stereocenters. The first-order valence-corrected chi connectivity index (χ1v) is 8.06.